The molecule has 11 nitrogen and oxygen atoms in total. The van der Waals surface area contributed by atoms with Gasteiger partial charge in [-0.25, -0.2) is 0 Å². The first kappa shape index (κ1) is 28.9. The minimum Gasteiger partial charge on any atom is -0.508 e. The Kier molecular flexibility index (Phi) is 7.12. The highest BCUT2D eigenvalue weighted by Crippen LogP contribution is 2.53. The average molecular weight is 577 g/mol. The highest BCUT2D eigenvalue weighted by molar-refractivity contribution is 6.24. The van der Waals surface area contributed by atoms with Gasteiger partial charge in [0.2, 0.25) is 5.78 Å². The maximum atomic E-state index is 13.9. The van der Waals surface area contributed by atoms with Gasteiger partial charge >= 0.3 is 0 Å². The van der Waals surface area contributed by atoms with E-state index in [-0.39, 0.29) is 29.7 Å². The number of phenolic OH excluding ortho intramolecular Hbond substituents is 1. The van der Waals surface area contributed by atoms with Crippen LogP contribution in [0.1, 0.15) is 28.7 Å². The molecule has 0 aromatic heterocycles. The van der Waals surface area contributed by atoms with Gasteiger partial charge in [-0.2, -0.15) is 0 Å². The van der Waals surface area contributed by atoms with Gasteiger partial charge in [-0.05, 0) is 67.7 Å². The quantitative estimate of drug-likeness (QED) is 0.253. The monoisotopic (exact) mass is 576 g/mol. The summed E-state index contributed by atoms with van der Waals surface area (Å²) in [5.74, 6) is -5.74. The van der Waals surface area contributed by atoms with E-state index in [0.29, 0.717) is 22.6 Å². The number of aromatic hydroxyl groups is 1. The minimum absolute atomic E-state index is 0.0141. The Morgan fingerprint density at radius 1 is 1.05 bits per heavy atom. The normalized spacial score (nSPS) is 25.4. The first-order valence-corrected chi connectivity index (χ1v) is 13.3. The van der Waals surface area contributed by atoms with Crippen LogP contribution in [0.3, 0.4) is 0 Å². The third-order valence-corrected chi connectivity index (χ3v) is 8.50. The summed E-state index contributed by atoms with van der Waals surface area (Å²) in [5.41, 5.74) is 3.71. The van der Waals surface area contributed by atoms with Crippen LogP contribution in [-0.2, 0) is 20.8 Å². The van der Waals surface area contributed by atoms with Crippen molar-refractivity contribution in [1.29, 1.82) is 0 Å². The molecule has 1 fully saturated rings. The SMILES string of the molecule is COc1ccc(/C=C/c2ccc(O)c3c2CC2CC4C(N(C)C)C(=O)C(C(N)=O)=C(O)C4(O)C(=O)C2=C3O)cc1OC. The standard InChI is InChI=1S/C31H32N2O9/c1-33(2)25-18-13-16-12-17-15(7-5-14-6-10-20(41-3)21(11-14)42-4)8-9-19(34)23(17)26(35)22(16)28(37)31(18,40)29(38)24(27(25)36)30(32)39/h5-11,16,18,25,34-35,38,40H,12-13H2,1-4H3,(H2,32,39)/b7-5+. The number of likely N-dealkylation sites (N-methyl/N-ethyl adjacent to an activating group) is 1. The third-order valence-electron chi connectivity index (χ3n) is 8.50. The Morgan fingerprint density at radius 3 is 2.36 bits per heavy atom. The summed E-state index contributed by atoms with van der Waals surface area (Å²) in [6.07, 6.45) is 3.83. The Labute approximate surface area is 241 Å². The lowest BCUT2D eigenvalue weighted by Gasteiger charge is -2.50. The van der Waals surface area contributed by atoms with Crippen LogP contribution in [0.25, 0.3) is 17.9 Å². The number of fused-ring (bicyclic) bond motifs is 3. The molecule has 0 bridgehead atoms. The summed E-state index contributed by atoms with van der Waals surface area (Å²) >= 11 is 0. The molecule has 5 rings (SSSR count). The number of phenols is 1. The van der Waals surface area contributed by atoms with Crippen LogP contribution in [0.15, 0.2) is 47.2 Å². The van der Waals surface area contributed by atoms with Crippen molar-refractivity contribution in [1.82, 2.24) is 4.90 Å². The topological polar surface area (TPSA) is 180 Å². The molecule has 0 spiro atoms. The summed E-state index contributed by atoms with van der Waals surface area (Å²) in [7, 11) is 6.19. The van der Waals surface area contributed by atoms with Gasteiger partial charge in [0.25, 0.3) is 5.91 Å². The van der Waals surface area contributed by atoms with Crippen LogP contribution < -0.4 is 15.2 Å². The van der Waals surface area contributed by atoms with Crippen molar-refractivity contribution in [3.8, 4) is 17.2 Å². The van der Waals surface area contributed by atoms with Gasteiger partial charge in [-0.3, -0.25) is 19.3 Å². The zero-order chi connectivity index (χ0) is 30.7. The van der Waals surface area contributed by atoms with E-state index < -0.39 is 58.0 Å². The number of hydrogen-bond acceptors (Lipinski definition) is 10. The van der Waals surface area contributed by atoms with Gasteiger partial charge in [0.05, 0.1) is 25.8 Å². The molecular weight excluding hydrogens is 544 g/mol. The number of ether oxygens (including phenoxy) is 2. The summed E-state index contributed by atoms with van der Waals surface area (Å²) in [5, 5.41) is 44.8. The number of methoxy groups -OCH3 is 2. The van der Waals surface area contributed by atoms with Crippen LogP contribution in [0.4, 0.5) is 0 Å². The second-order valence-corrected chi connectivity index (χ2v) is 10.9. The van der Waals surface area contributed by atoms with E-state index >= 15 is 0 Å². The van der Waals surface area contributed by atoms with Crippen molar-refractivity contribution in [2.45, 2.75) is 24.5 Å². The van der Waals surface area contributed by atoms with Crippen LogP contribution in [0.5, 0.6) is 17.2 Å². The van der Waals surface area contributed by atoms with Crippen LogP contribution in [-0.4, -0.2) is 82.8 Å². The predicted octanol–water partition coefficient (Wildman–Crippen LogP) is 2.15. The van der Waals surface area contributed by atoms with Crippen molar-refractivity contribution < 1.29 is 44.3 Å². The molecule has 0 radical (unpaired) electrons. The van der Waals surface area contributed by atoms with E-state index in [1.54, 1.807) is 45.5 Å². The zero-order valence-electron chi connectivity index (χ0n) is 23.5. The number of nitrogens with two attached hydrogens (primary N) is 1. The van der Waals surface area contributed by atoms with E-state index in [0.717, 1.165) is 5.56 Å². The molecule has 6 N–H and O–H groups in total. The summed E-state index contributed by atoms with van der Waals surface area (Å²) in [6, 6.07) is 7.32. The lowest BCUT2D eigenvalue weighted by molar-refractivity contribution is -0.153. The number of carbonyl (C=O) groups is 3. The molecule has 42 heavy (non-hydrogen) atoms. The Bertz CT molecular complexity index is 1620. The molecule has 11 heteroatoms. The summed E-state index contributed by atoms with van der Waals surface area (Å²) in [6.45, 7) is 0. The maximum absolute atomic E-state index is 13.9. The average Bonchev–Trinajstić information content (AvgIpc) is 2.94. The minimum atomic E-state index is -2.68. The number of primary amides is 1. The molecule has 3 aliphatic carbocycles. The van der Waals surface area contributed by atoms with Crippen molar-refractivity contribution in [3.05, 3.63) is 69.5 Å². The van der Waals surface area contributed by atoms with E-state index in [4.69, 9.17) is 15.2 Å². The molecule has 1 saturated carbocycles. The second kappa shape index (κ2) is 10.3. The van der Waals surface area contributed by atoms with Crippen molar-refractivity contribution in [2.24, 2.45) is 17.6 Å². The van der Waals surface area contributed by atoms with Gasteiger partial charge in [0.1, 0.15) is 22.8 Å². The molecule has 2 aromatic rings. The third kappa shape index (κ3) is 4.15. The number of carbonyl (C=O) groups excluding carboxylic acids is 3. The Morgan fingerprint density at radius 2 is 1.74 bits per heavy atom. The summed E-state index contributed by atoms with van der Waals surface area (Å²) in [4.78, 5) is 40.8. The van der Waals surface area contributed by atoms with E-state index in [1.807, 2.05) is 12.1 Å². The molecule has 220 valence electrons. The number of ketones is 2. The van der Waals surface area contributed by atoms with Crippen molar-refractivity contribution in [2.75, 3.05) is 28.3 Å². The van der Waals surface area contributed by atoms with Gasteiger partial charge < -0.3 is 35.6 Å². The number of nitrogens with zero attached hydrogens (tertiary/aromatic N) is 1. The maximum Gasteiger partial charge on any atom is 0.255 e. The Hall–Kier alpha value is -4.61. The zero-order valence-corrected chi connectivity index (χ0v) is 23.5. The number of amides is 1. The number of rotatable bonds is 6. The van der Waals surface area contributed by atoms with Gasteiger partial charge in [0.15, 0.2) is 22.9 Å². The molecule has 3 aliphatic rings. The molecule has 1 amide bonds. The Balaban J connectivity index is 1.63. The van der Waals surface area contributed by atoms with Crippen LogP contribution >= 0.6 is 0 Å². The lowest BCUT2D eigenvalue weighted by atomic mass is 9.57. The fourth-order valence-corrected chi connectivity index (χ4v) is 6.57. The van der Waals surface area contributed by atoms with Crippen molar-refractivity contribution >= 4 is 35.4 Å². The predicted molar refractivity (Wildman–Crippen MR) is 153 cm³/mol. The first-order chi connectivity index (χ1) is 19.9. The molecular formula is C31H32N2O9. The van der Waals surface area contributed by atoms with Gasteiger partial charge in [0, 0.05) is 11.5 Å². The molecule has 0 heterocycles. The molecule has 4 unspecified atom stereocenters. The van der Waals surface area contributed by atoms with E-state index in [9.17, 15) is 34.8 Å². The van der Waals surface area contributed by atoms with Crippen LogP contribution in [0, 0.1) is 11.8 Å². The highest BCUT2D eigenvalue weighted by atomic mass is 16.5. The van der Waals surface area contributed by atoms with Crippen molar-refractivity contribution in [3.63, 3.8) is 0 Å². The molecule has 4 atom stereocenters. The fraction of sp³-hybridized carbons (Fsp3) is 0.323. The number of aliphatic hydroxyl groups excluding tert-OH is 2. The van der Waals surface area contributed by atoms with E-state index in [2.05, 4.69) is 0 Å². The molecule has 0 saturated heterocycles. The highest BCUT2D eigenvalue weighted by Gasteiger charge is 2.64. The lowest BCUT2D eigenvalue weighted by Crippen LogP contribution is -2.65. The second-order valence-electron chi connectivity index (χ2n) is 10.9. The number of aliphatic hydroxyl groups is 3. The smallest absolute Gasteiger partial charge is 0.255 e. The molecule has 2 aromatic carbocycles. The van der Waals surface area contributed by atoms with Gasteiger partial charge in [-0.15, -0.1) is 0 Å². The fourth-order valence-electron chi connectivity index (χ4n) is 6.57. The molecule has 0 aliphatic heterocycles. The van der Waals surface area contributed by atoms with Gasteiger partial charge in [-0.1, -0.05) is 24.3 Å². The van der Waals surface area contributed by atoms with Crippen LogP contribution in [0.2, 0.25) is 0 Å². The number of hydrogen-bond donors (Lipinski definition) is 5. The number of benzene rings is 2. The van der Waals surface area contributed by atoms with E-state index in [1.165, 1.54) is 18.1 Å². The number of Topliss-reactive ketones (excluding diaryl/α,β-unsaturated/α-hetero) is 2. The summed E-state index contributed by atoms with van der Waals surface area (Å²) < 4.78 is 10.7. The largest absolute Gasteiger partial charge is 0.508 e. The first-order valence-electron chi connectivity index (χ1n) is 13.3.